The van der Waals surface area contributed by atoms with Crippen LogP contribution in [-0.2, 0) is 16.3 Å². The Kier molecular flexibility index (Phi) is 2.82. The van der Waals surface area contributed by atoms with E-state index in [2.05, 4.69) is 6.07 Å². The van der Waals surface area contributed by atoms with Crippen molar-refractivity contribution in [1.29, 1.82) is 0 Å². The zero-order valence-corrected chi connectivity index (χ0v) is 11.2. The van der Waals surface area contributed by atoms with E-state index in [1.54, 1.807) is 18.2 Å². The van der Waals surface area contributed by atoms with Crippen LogP contribution in [0, 0.1) is 0 Å². The normalized spacial score (nSPS) is 17.6. The van der Waals surface area contributed by atoms with Gasteiger partial charge < -0.3 is 5.73 Å². The highest BCUT2D eigenvalue weighted by atomic mass is 32.2. The Morgan fingerprint density at radius 1 is 1.11 bits per heavy atom. The number of benzene rings is 2. The zero-order valence-electron chi connectivity index (χ0n) is 10.4. The second-order valence-electron chi connectivity index (χ2n) is 4.95. The van der Waals surface area contributed by atoms with E-state index in [9.17, 15) is 8.42 Å². The quantitative estimate of drug-likeness (QED) is 0.873. The van der Waals surface area contributed by atoms with Gasteiger partial charge in [0.1, 0.15) is 0 Å². The van der Waals surface area contributed by atoms with Crippen LogP contribution in [0.2, 0.25) is 0 Å². The molecule has 1 aliphatic carbocycles. The standard InChI is InChI=1S/C15H15NO2S/c16-13-5-3-6-14(9-13)19(17,18)10-12-8-11-4-1-2-7-15(11)12/h1-7,9,12H,8,10,16H2. The molecule has 4 heteroatoms. The molecule has 0 heterocycles. The molecule has 2 N–H and O–H groups in total. The number of anilines is 1. The minimum Gasteiger partial charge on any atom is -0.399 e. The van der Waals surface area contributed by atoms with E-state index in [4.69, 9.17) is 5.73 Å². The number of rotatable bonds is 3. The maximum absolute atomic E-state index is 12.3. The van der Waals surface area contributed by atoms with E-state index in [1.165, 1.54) is 11.6 Å². The third kappa shape index (κ3) is 2.24. The van der Waals surface area contributed by atoms with Crippen LogP contribution >= 0.6 is 0 Å². The largest absolute Gasteiger partial charge is 0.399 e. The molecule has 0 bridgehead atoms. The third-order valence-electron chi connectivity index (χ3n) is 3.60. The van der Waals surface area contributed by atoms with Gasteiger partial charge in [0.05, 0.1) is 10.6 Å². The van der Waals surface area contributed by atoms with Crippen LogP contribution in [0.15, 0.2) is 53.4 Å². The first-order valence-electron chi connectivity index (χ1n) is 6.22. The Balaban J connectivity index is 1.85. The third-order valence-corrected chi connectivity index (χ3v) is 5.41. The van der Waals surface area contributed by atoms with Gasteiger partial charge in [-0.15, -0.1) is 0 Å². The van der Waals surface area contributed by atoms with Crippen molar-refractivity contribution in [3.63, 3.8) is 0 Å². The summed E-state index contributed by atoms with van der Waals surface area (Å²) in [7, 11) is -3.27. The van der Waals surface area contributed by atoms with Gasteiger partial charge in [-0.2, -0.15) is 0 Å². The number of nitrogen functional groups attached to an aromatic ring is 1. The SMILES string of the molecule is Nc1cccc(S(=O)(=O)CC2Cc3ccccc32)c1. The van der Waals surface area contributed by atoms with Crippen molar-refractivity contribution in [3.05, 3.63) is 59.7 Å². The van der Waals surface area contributed by atoms with Crippen LogP contribution in [0.4, 0.5) is 5.69 Å². The number of hydrogen-bond acceptors (Lipinski definition) is 3. The highest BCUT2D eigenvalue weighted by Gasteiger charge is 2.30. The number of sulfone groups is 1. The van der Waals surface area contributed by atoms with E-state index in [-0.39, 0.29) is 11.7 Å². The van der Waals surface area contributed by atoms with Crippen LogP contribution in [0.3, 0.4) is 0 Å². The summed E-state index contributed by atoms with van der Waals surface area (Å²) >= 11 is 0. The van der Waals surface area contributed by atoms with Gasteiger partial charge in [-0.25, -0.2) is 8.42 Å². The minimum absolute atomic E-state index is 0.114. The summed E-state index contributed by atoms with van der Waals surface area (Å²) in [4.78, 5) is 0.317. The van der Waals surface area contributed by atoms with Gasteiger partial charge in [0.15, 0.2) is 9.84 Å². The molecule has 0 spiro atoms. The Hall–Kier alpha value is -1.81. The summed E-state index contributed by atoms with van der Waals surface area (Å²) in [6.07, 6.45) is 0.845. The molecular formula is C15H15NO2S. The van der Waals surface area contributed by atoms with Gasteiger partial charge in [0, 0.05) is 11.6 Å². The molecular weight excluding hydrogens is 258 g/mol. The molecule has 19 heavy (non-hydrogen) atoms. The Labute approximate surface area is 113 Å². The summed E-state index contributed by atoms with van der Waals surface area (Å²) in [5, 5.41) is 0. The van der Waals surface area contributed by atoms with Crippen LogP contribution in [0.5, 0.6) is 0 Å². The first-order valence-corrected chi connectivity index (χ1v) is 7.87. The molecule has 1 atom stereocenters. The second-order valence-corrected chi connectivity index (χ2v) is 6.99. The van der Waals surface area contributed by atoms with Crippen molar-refractivity contribution < 1.29 is 8.42 Å². The molecule has 0 saturated heterocycles. The average Bonchev–Trinajstić information content (AvgIpc) is 2.36. The molecule has 2 aromatic carbocycles. The van der Waals surface area contributed by atoms with E-state index in [1.807, 2.05) is 18.2 Å². The van der Waals surface area contributed by atoms with Crippen LogP contribution in [0.1, 0.15) is 17.0 Å². The first kappa shape index (κ1) is 12.2. The fraction of sp³-hybridized carbons (Fsp3) is 0.200. The second kappa shape index (κ2) is 4.38. The van der Waals surface area contributed by atoms with Gasteiger partial charge in [0.25, 0.3) is 0 Å². The fourth-order valence-electron chi connectivity index (χ4n) is 2.58. The van der Waals surface area contributed by atoms with Gasteiger partial charge in [-0.05, 0) is 35.7 Å². The van der Waals surface area contributed by atoms with Gasteiger partial charge in [-0.1, -0.05) is 30.3 Å². The van der Waals surface area contributed by atoms with Crippen LogP contribution in [-0.4, -0.2) is 14.2 Å². The van der Waals surface area contributed by atoms with Gasteiger partial charge in [0.2, 0.25) is 0 Å². The Bertz CT molecular complexity index is 722. The number of nitrogens with two attached hydrogens (primary N) is 1. The molecule has 0 saturated carbocycles. The number of fused-ring (bicyclic) bond motifs is 1. The van der Waals surface area contributed by atoms with Crippen molar-refractivity contribution in [2.75, 3.05) is 11.5 Å². The van der Waals surface area contributed by atoms with Crippen LogP contribution in [0.25, 0.3) is 0 Å². The molecule has 1 unspecified atom stereocenters. The highest BCUT2D eigenvalue weighted by molar-refractivity contribution is 7.91. The summed E-state index contributed by atoms with van der Waals surface area (Å²) in [6, 6.07) is 14.5. The van der Waals surface area contributed by atoms with E-state index in [0.717, 1.165) is 12.0 Å². The zero-order chi connectivity index (χ0) is 13.5. The molecule has 2 aromatic rings. The smallest absolute Gasteiger partial charge is 0.179 e. The van der Waals surface area contributed by atoms with Crippen molar-refractivity contribution in [2.45, 2.75) is 17.2 Å². The van der Waals surface area contributed by atoms with Crippen LogP contribution < -0.4 is 5.73 Å². The molecule has 0 fully saturated rings. The van der Waals surface area contributed by atoms with Gasteiger partial charge in [-0.3, -0.25) is 0 Å². The molecule has 3 nitrogen and oxygen atoms in total. The van der Waals surface area contributed by atoms with E-state index >= 15 is 0 Å². The molecule has 0 aromatic heterocycles. The number of hydrogen-bond donors (Lipinski definition) is 1. The summed E-state index contributed by atoms with van der Waals surface area (Å²) in [6.45, 7) is 0. The highest BCUT2D eigenvalue weighted by Crippen LogP contribution is 2.36. The molecule has 0 aliphatic heterocycles. The molecule has 0 amide bonds. The lowest BCUT2D eigenvalue weighted by atomic mass is 9.79. The summed E-state index contributed by atoms with van der Waals surface area (Å²) in [5.74, 6) is 0.274. The molecule has 98 valence electrons. The first-order chi connectivity index (χ1) is 9.06. The van der Waals surface area contributed by atoms with Crippen molar-refractivity contribution in [1.82, 2.24) is 0 Å². The maximum Gasteiger partial charge on any atom is 0.179 e. The summed E-state index contributed by atoms with van der Waals surface area (Å²) in [5.41, 5.74) is 8.55. The van der Waals surface area contributed by atoms with Crippen molar-refractivity contribution in [3.8, 4) is 0 Å². The average molecular weight is 273 g/mol. The fourth-order valence-corrected chi connectivity index (χ4v) is 4.20. The predicted molar refractivity (Wildman–Crippen MR) is 75.8 cm³/mol. The lowest BCUT2D eigenvalue weighted by Gasteiger charge is -2.29. The Morgan fingerprint density at radius 3 is 2.63 bits per heavy atom. The molecule has 0 radical (unpaired) electrons. The lowest BCUT2D eigenvalue weighted by Crippen LogP contribution is -2.25. The molecule has 1 aliphatic rings. The topological polar surface area (TPSA) is 60.2 Å². The predicted octanol–water partition coefficient (Wildman–Crippen LogP) is 2.38. The monoisotopic (exact) mass is 273 g/mol. The molecule has 3 rings (SSSR count). The van der Waals surface area contributed by atoms with Crippen molar-refractivity contribution in [2.24, 2.45) is 0 Å². The van der Waals surface area contributed by atoms with Gasteiger partial charge >= 0.3 is 0 Å². The summed E-state index contributed by atoms with van der Waals surface area (Å²) < 4.78 is 24.7. The maximum atomic E-state index is 12.3. The minimum atomic E-state index is -3.27. The van der Waals surface area contributed by atoms with Crippen molar-refractivity contribution >= 4 is 15.5 Å². The Morgan fingerprint density at radius 2 is 1.89 bits per heavy atom. The van der Waals surface area contributed by atoms with E-state index < -0.39 is 9.84 Å². The van der Waals surface area contributed by atoms with E-state index in [0.29, 0.717) is 10.6 Å². The lowest BCUT2D eigenvalue weighted by molar-refractivity contribution is 0.577.